The number of nitrogens with zero attached hydrogens (tertiary/aromatic N) is 1. The van der Waals surface area contributed by atoms with Crippen molar-refractivity contribution >= 4 is 7.60 Å². The molecule has 0 amide bonds. The van der Waals surface area contributed by atoms with Crippen LogP contribution in [0.25, 0.3) is 0 Å². The Morgan fingerprint density at radius 3 is 2.77 bits per heavy atom. The van der Waals surface area contributed by atoms with Crippen molar-refractivity contribution in [1.29, 1.82) is 0 Å². The minimum Gasteiger partial charge on any atom is -0.390 e. The van der Waals surface area contributed by atoms with E-state index in [0.717, 1.165) is 4.57 Å². The van der Waals surface area contributed by atoms with Gasteiger partial charge in [-0.3, -0.25) is 18.9 Å². The Balaban J connectivity index is 2.05. The number of aliphatic hydroxyl groups is 1. The number of aromatic nitrogens is 2. The van der Waals surface area contributed by atoms with Crippen LogP contribution in [0, 0.1) is 5.82 Å². The van der Waals surface area contributed by atoms with Gasteiger partial charge in [-0.2, -0.15) is 4.39 Å². The number of halogens is 1. The molecule has 4 N–H and O–H groups in total. The molecule has 124 valence electrons. The van der Waals surface area contributed by atoms with Crippen molar-refractivity contribution in [3.05, 3.63) is 32.9 Å². The number of ether oxygens (including phenoxy) is 1. The molecule has 1 fully saturated rings. The average molecular weight is 338 g/mol. The molecule has 1 aliphatic heterocycles. The average Bonchev–Trinajstić information content (AvgIpc) is 2.74. The smallest absolute Gasteiger partial charge is 0.330 e. The first-order chi connectivity index (χ1) is 10.2. The second kappa shape index (κ2) is 6.43. The van der Waals surface area contributed by atoms with Crippen LogP contribution in [0.2, 0.25) is 0 Å². The summed E-state index contributed by atoms with van der Waals surface area (Å²) in [7, 11) is -4.12. The Morgan fingerprint density at radius 1 is 1.45 bits per heavy atom. The first-order valence-corrected chi connectivity index (χ1v) is 8.36. The van der Waals surface area contributed by atoms with Gasteiger partial charge in [-0.15, -0.1) is 0 Å². The van der Waals surface area contributed by atoms with Gasteiger partial charge in [-0.1, -0.05) is 0 Å². The molecule has 1 aromatic rings. The van der Waals surface area contributed by atoms with Crippen LogP contribution >= 0.6 is 7.60 Å². The van der Waals surface area contributed by atoms with Gasteiger partial charge >= 0.3 is 13.3 Å². The highest BCUT2D eigenvalue weighted by molar-refractivity contribution is 7.51. The summed E-state index contributed by atoms with van der Waals surface area (Å²) in [5.41, 5.74) is -2.00. The third-order valence-corrected chi connectivity index (χ3v) is 4.28. The quantitative estimate of drug-likeness (QED) is 0.519. The molecule has 11 heteroatoms. The molecule has 22 heavy (non-hydrogen) atoms. The summed E-state index contributed by atoms with van der Waals surface area (Å²) in [4.78, 5) is 41.9. The monoisotopic (exact) mass is 338 g/mol. The van der Waals surface area contributed by atoms with Crippen molar-refractivity contribution in [3.63, 3.8) is 0 Å². The Hall–Kier alpha value is -1.32. The predicted molar refractivity (Wildman–Crippen MR) is 72.0 cm³/mol. The summed E-state index contributed by atoms with van der Waals surface area (Å²) in [6, 6.07) is 0. The van der Waals surface area contributed by atoms with E-state index in [2.05, 4.69) is 0 Å². The van der Waals surface area contributed by atoms with E-state index in [-0.39, 0.29) is 25.4 Å². The molecule has 0 unspecified atom stereocenters. The van der Waals surface area contributed by atoms with Crippen LogP contribution in [0.4, 0.5) is 4.39 Å². The zero-order valence-electron chi connectivity index (χ0n) is 11.4. The molecule has 0 spiro atoms. The van der Waals surface area contributed by atoms with Crippen LogP contribution < -0.4 is 11.2 Å². The molecule has 1 saturated heterocycles. The standard InChI is InChI=1S/C11H16FN2O7P/c12-6-5-14(11(17)13-10(6)16)9-4-7(15)8(21-9)2-1-3-22(18,19)20/h5,7-9,15H,1-4H2,(H,13,16,17)(H2,18,19,20)/t7-,8-,9-/m1/s1. The predicted octanol–water partition coefficient (Wildman–Crippen LogP) is -0.718. The Kier molecular flexibility index (Phi) is 4.98. The minimum atomic E-state index is -4.12. The molecular weight excluding hydrogens is 322 g/mol. The van der Waals surface area contributed by atoms with Gasteiger partial charge in [0.1, 0.15) is 6.23 Å². The summed E-state index contributed by atoms with van der Waals surface area (Å²) in [5, 5.41) is 9.86. The zero-order valence-corrected chi connectivity index (χ0v) is 12.3. The van der Waals surface area contributed by atoms with E-state index in [1.807, 2.05) is 0 Å². The van der Waals surface area contributed by atoms with Crippen LogP contribution in [-0.2, 0) is 9.30 Å². The van der Waals surface area contributed by atoms with Crippen molar-refractivity contribution < 1.29 is 28.6 Å². The van der Waals surface area contributed by atoms with Crippen molar-refractivity contribution in [3.8, 4) is 0 Å². The lowest BCUT2D eigenvalue weighted by Crippen LogP contribution is -2.33. The number of aromatic amines is 1. The Morgan fingerprint density at radius 2 is 2.14 bits per heavy atom. The number of H-pyrrole nitrogens is 1. The zero-order chi connectivity index (χ0) is 16.5. The Labute approximate surface area is 123 Å². The minimum absolute atomic E-state index is 0.00592. The number of hydrogen-bond donors (Lipinski definition) is 4. The molecule has 0 saturated carbocycles. The van der Waals surface area contributed by atoms with Gasteiger partial charge in [0.25, 0.3) is 5.56 Å². The highest BCUT2D eigenvalue weighted by Gasteiger charge is 2.35. The second-order valence-corrected chi connectivity index (χ2v) is 6.88. The summed E-state index contributed by atoms with van der Waals surface area (Å²) in [5.74, 6) is -1.15. The molecule has 3 atom stereocenters. The SMILES string of the molecule is O=c1[nH]c(=O)n([C@H]2C[C@@H](O)[C@@H](CCCP(=O)(O)O)O2)cc1F. The van der Waals surface area contributed by atoms with Crippen LogP contribution in [0.1, 0.15) is 25.5 Å². The third-order valence-electron chi connectivity index (χ3n) is 3.38. The van der Waals surface area contributed by atoms with Gasteiger partial charge in [0, 0.05) is 12.6 Å². The molecule has 1 aromatic heterocycles. The van der Waals surface area contributed by atoms with E-state index in [9.17, 15) is 23.7 Å². The van der Waals surface area contributed by atoms with Gasteiger partial charge in [0.2, 0.25) is 5.82 Å². The largest absolute Gasteiger partial charge is 0.390 e. The van der Waals surface area contributed by atoms with Crippen molar-refractivity contribution in [2.24, 2.45) is 0 Å². The van der Waals surface area contributed by atoms with Crippen molar-refractivity contribution in [1.82, 2.24) is 9.55 Å². The molecule has 0 radical (unpaired) electrons. The topological polar surface area (TPSA) is 142 Å². The second-order valence-electron chi connectivity index (χ2n) is 5.11. The summed E-state index contributed by atoms with van der Waals surface area (Å²) in [6.45, 7) is 0. The van der Waals surface area contributed by atoms with Gasteiger partial charge in [-0.05, 0) is 12.8 Å². The van der Waals surface area contributed by atoms with Crippen LogP contribution in [-0.4, -0.2) is 42.8 Å². The van der Waals surface area contributed by atoms with Gasteiger partial charge < -0.3 is 19.6 Å². The lowest BCUT2D eigenvalue weighted by atomic mass is 10.1. The van der Waals surface area contributed by atoms with Crippen LogP contribution in [0.3, 0.4) is 0 Å². The van der Waals surface area contributed by atoms with E-state index in [1.165, 1.54) is 0 Å². The normalized spacial score (nSPS) is 25.5. The highest BCUT2D eigenvalue weighted by atomic mass is 31.2. The summed E-state index contributed by atoms with van der Waals surface area (Å²) < 4.78 is 30.2. The maximum Gasteiger partial charge on any atom is 0.330 e. The van der Waals surface area contributed by atoms with Crippen LogP contribution in [0.5, 0.6) is 0 Å². The van der Waals surface area contributed by atoms with E-state index in [0.29, 0.717) is 6.20 Å². The Bertz CT molecular complexity index is 696. The number of rotatable bonds is 5. The van der Waals surface area contributed by atoms with E-state index < -0.39 is 43.1 Å². The maximum absolute atomic E-state index is 13.2. The van der Waals surface area contributed by atoms with E-state index in [1.54, 1.807) is 4.98 Å². The molecule has 0 bridgehead atoms. The molecular formula is C11H16FN2O7P. The number of nitrogens with one attached hydrogen (secondary N) is 1. The lowest BCUT2D eigenvalue weighted by Gasteiger charge is -2.16. The fourth-order valence-electron chi connectivity index (χ4n) is 2.32. The maximum atomic E-state index is 13.2. The first kappa shape index (κ1) is 17.0. The van der Waals surface area contributed by atoms with Crippen molar-refractivity contribution in [2.75, 3.05) is 6.16 Å². The van der Waals surface area contributed by atoms with E-state index in [4.69, 9.17) is 14.5 Å². The fourth-order valence-corrected chi connectivity index (χ4v) is 2.91. The number of hydrogen-bond acceptors (Lipinski definition) is 5. The molecule has 0 aromatic carbocycles. The molecule has 2 heterocycles. The summed E-state index contributed by atoms with van der Waals surface area (Å²) in [6.07, 6.45) is -1.94. The fraction of sp³-hybridized carbons (Fsp3) is 0.636. The summed E-state index contributed by atoms with van der Waals surface area (Å²) >= 11 is 0. The lowest BCUT2D eigenvalue weighted by molar-refractivity contribution is -0.0248. The van der Waals surface area contributed by atoms with Crippen LogP contribution in [0.15, 0.2) is 15.8 Å². The molecule has 9 nitrogen and oxygen atoms in total. The van der Waals surface area contributed by atoms with Gasteiger partial charge in [-0.25, -0.2) is 4.79 Å². The highest BCUT2D eigenvalue weighted by Crippen LogP contribution is 2.37. The third kappa shape index (κ3) is 4.11. The molecule has 0 aliphatic carbocycles. The molecule has 1 aliphatic rings. The van der Waals surface area contributed by atoms with Crippen molar-refractivity contribution in [2.45, 2.75) is 37.7 Å². The number of aliphatic hydroxyl groups excluding tert-OH is 1. The van der Waals surface area contributed by atoms with Gasteiger partial charge in [0.15, 0.2) is 0 Å². The van der Waals surface area contributed by atoms with Gasteiger partial charge in [0.05, 0.1) is 18.4 Å². The first-order valence-electron chi connectivity index (χ1n) is 6.56. The van der Waals surface area contributed by atoms with E-state index >= 15 is 0 Å². The molecule has 2 rings (SSSR count).